The summed E-state index contributed by atoms with van der Waals surface area (Å²) in [6.45, 7) is 0. The van der Waals surface area contributed by atoms with Gasteiger partial charge in [0, 0.05) is 16.2 Å². The number of carboxylic acids is 1. The van der Waals surface area contributed by atoms with Gasteiger partial charge < -0.3 is 10.4 Å². The molecule has 2 N–H and O–H groups in total. The molecule has 1 aromatic carbocycles. The Morgan fingerprint density at radius 2 is 2.00 bits per heavy atom. The second-order valence-electron chi connectivity index (χ2n) is 4.17. The summed E-state index contributed by atoms with van der Waals surface area (Å²) in [7, 11) is 0. The predicted octanol–water partition coefficient (Wildman–Crippen LogP) is 3.27. The van der Waals surface area contributed by atoms with Gasteiger partial charge in [0.1, 0.15) is 11.4 Å². The van der Waals surface area contributed by atoms with Crippen LogP contribution in [0.1, 0.15) is 15.9 Å². The van der Waals surface area contributed by atoms with Gasteiger partial charge in [-0.25, -0.2) is 9.78 Å². The maximum absolute atomic E-state index is 12.0. The van der Waals surface area contributed by atoms with Gasteiger partial charge >= 0.3 is 5.97 Å². The van der Waals surface area contributed by atoms with E-state index in [0.717, 1.165) is 0 Å². The SMILES string of the molecule is O=C(Cc1ccc(Cl)cc1Cl)Nc1ncccc1C(=O)O. The second kappa shape index (κ2) is 6.56. The molecule has 0 atom stereocenters. The van der Waals surface area contributed by atoms with E-state index < -0.39 is 11.9 Å². The number of amides is 1. The van der Waals surface area contributed by atoms with Crippen LogP contribution in [0.2, 0.25) is 10.0 Å². The van der Waals surface area contributed by atoms with Crippen molar-refractivity contribution < 1.29 is 14.7 Å². The number of nitrogens with zero attached hydrogens (tertiary/aromatic N) is 1. The highest BCUT2D eigenvalue weighted by molar-refractivity contribution is 6.35. The normalized spacial score (nSPS) is 10.2. The predicted molar refractivity (Wildman–Crippen MR) is 80.0 cm³/mol. The van der Waals surface area contributed by atoms with Crippen LogP contribution in [0.4, 0.5) is 5.82 Å². The molecule has 0 radical (unpaired) electrons. The Kier molecular flexibility index (Phi) is 4.77. The first-order valence-electron chi connectivity index (χ1n) is 5.89. The summed E-state index contributed by atoms with van der Waals surface area (Å²) < 4.78 is 0. The van der Waals surface area contributed by atoms with Crippen LogP contribution in [0, 0.1) is 0 Å². The molecule has 1 aromatic heterocycles. The Morgan fingerprint density at radius 3 is 2.67 bits per heavy atom. The number of hydrogen-bond donors (Lipinski definition) is 2. The van der Waals surface area contributed by atoms with E-state index in [0.29, 0.717) is 15.6 Å². The molecule has 0 aliphatic heterocycles. The van der Waals surface area contributed by atoms with Crippen molar-refractivity contribution in [3.63, 3.8) is 0 Å². The smallest absolute Gasteiger partial charge is 0.339 e. The minimum absolute atomic E-state index is 0.0000796. The Balaban J connectivity index is 2.14. The molecule has 0 aliphatic carbocycles. The maximum atomic E-state index is 12.0. The van der Waals surface area contributed by atoms with Crippen molar-refractivity contribution in [2.45, 2.75) is 6.42 Å². The molecule has 0 unspecified atom stereocenters. The molecule has 2 rings (SSSR count). The van der Waals surface area contributed by atoms with Gasteiger partial charge in [-0.2, -0.15) is 0 Å². The van der Waals surface area contributed by atoms with E-state index in [-0.39, 0.29) is 17.8 Å². The summed E-state index contributed by atoms with van der Waals surface area (Å²) in [5, 5.41) is 12.3. The summed E-state index contributed by atoms with van der Waals surface area (Å²) in [5.41, 5.74) is 0.513. The lowest BCUT2D eigenvalue weighted by Gasteiger charge is -2.08. The van der Waals surface area contributed by atoms with Gasteiger partial charge in [0.2, 0.25) is 5.91 Å². The van der Waals surface area contributed by atoms with Crippen LogP contribution in [-0.2, 0) is 11.2 Å². The summed E-state index contributed by atoms with van der Waals surface area (Å²) >= 11 is 11.8. The fourth-order valence-electron chi connectivity index (χ4n) is 1.69. The zero-order valence-electron chi connectivity index (χ0n) is 10.6. The zero-order valence-corrected chi connectivity index (χ0v) is 12.1. The fourth-order valence-corrected chi connectivity index (χ4v) is 2.17. The van der Waals surface area contributed by atoms with E-state index in [1.165, 1.54) is 24.4 Å². The van der Waals surface area contributed by atoms with Crippen LogP contribution in [0.25, 0.3) is 0 Å². The van der Waals surface area contributed by atoms with Crippen molar-refractivity contribution in [1.29, 1.82) is 0 Å². The van der Waals surface area contributed by atoms with Crippen LogP contribution >= 0.6 is 23.2 Å². The third kappa shape index (κ3) is 3.93. The van der Waals surface area contributed by atoms with E-state index in [1.54, 1.807) is 12.1 Å². The number of anilines is 1. The number of carbonyl (C=O) groups excluding carboxylic acids is 1. The van der Waals surface area contributed by atoms with Crippen LogP contribution < -0.4 is 5.32 Å². The highest BCUT2D eigenvalue weighted by atomic mass is 35.5. The first-order valence-corrected chi connectivity index (χ1v) is 6.65. The standard InChI is InChI=1S/C14H10Cl2N2O3/c15-9-4-3-8(11(16)7-9)6-12(19)18-13-10(14(20)21)2-1-5-17-13/h1-5,7H,6H2,(H,20,21)(H,17,18,19). The Bertz CT molecular complexity index is 704. The fraction of sp³-hybridized carbons (Fsp3) is 0.0714. The lowest BCUT2D eigenvalue weighted by molar-refractivity contribution is -0.115. The number of hydrogen-bond acceptors (Lipinski definition) is 3. The number of benzene rings is 1. The quantitative estimate of drug-likeness (QED) is 0.904. The average molecular weight is 325 g/mol. The Labute approximate surface area is 130 Å². The number of pyridine rings is 1. The van der Waals surface area contributed by atoms with E-state index in [4.69, 9.17) is 28.3 Å². The minimum Gasteiger partial charge on any atom is -0.478 e. The molecule has 0 bridgehead atoms. The topological polar surface area (TPSA) is 79.3 Å². The number of nitrogens with one attached hydrogen (secondary N) is 1. The number of rotatable bonds is 4. The first kappa shape index (κ1) is 15.3. The highest BCUT2D eigenvalue weighted by Crippen LogP contribution is 2.22. The second-order valence-corrected chi connectivity index (χ2v) is 5.01. The molecule has 2 aromatic rings. The third-order valence-corrected chi connectivity index (χ3v) is 3.25. The molecule has 21 heavy (non-hydrogen) atoms. The van der Waals surface area contributed by atoms with Crippen molar-refractivity contribution in [1.82, 2.24) is 4.98 Å². The Hall–Kier alpha value is -2.11. The molecule has 7 heteroatoms. The number of aromatic carboxylic acids is 1. The Morgan fingerprint density at radius 1 is 1.24 bits per heavy atom. The van der Waals surface area contributed by atoms with Crippen molar-refractivity contribution >= 4 is 40.9 Å². The molecule has 0 fully saturated rings. The molecule has 0 spiro atoms. The van der Waals surface area contributed by atoms with Crippen molar-refractivity contribution in [3.05, 3.63) is 57.7 Å². The largest absolute Gasteiger partial charge is 0.478 e. The number of halogens is 2. The zero-order chi connectivity index (χ0) is 15.4. The summed E-state index contributed by atoms with van der Waals surface area (Å²) in [6.07, 6.45) is 1.39. The molecule has 1 amide bonds. The summed E-state index contributed by atoms with van der Waals surface area (Å²) in [4.78, 5) is 26.8. The summed E-state index contributed by atoms with van der Waals surface area (Å²) in [6, 6.07) is 7.64. The van der Waals surface area contributed by atoms with Crippen molar-refractivity contribution in [3.8, 4) is 0 Å². The van der Waals surface area contributed by atoms with Crippen LogP contribution in [-0.4, -0.2) is 22.0 Å². The van der Waals surface area contributed by atoms with Gasteiger partial charge in [-0.3, -0.25) is 4.79 Å². The molecule has 0 saturated heterocycles. The number of carbonyl (C=O) groups is 2. The van der Waals surface area contributed by atoms with Crippen molar-refractivity contribution in [2.75, 3.05) is 5.32 Å². The molecule has 0 saturated carbocycles. The summed E-state index contributed by atoms with van der Waals surface area (Å²) in [5.74, 6) is -1.58. The molecule has 5 nitrogen and oxygen atoms in total. The van der Waals surface area contributed by atoms with Gasteiger partial charge in [0.25, 0.3) is 0 Å². The molecule has 0 aliphatic rings. The maximum Gasteiger partial charge on any atom is 0.339 e. The lowest BCUT2D eigenvalue weighted by Crippen LogP contribution is -2.18. The third-order valence-electron chi connectivity index (χ3n) is 2.66. The first-order chi connectivity index (χ1) is 9.97. The van der Waals surface area contributed by atoms with E-state index in [1.807, 2.05) is 0 Å². The molecular formula is C14H10Cl2N2O3. The highest BCUT2D eigenvalue weighted by Gasteiger charge is 2.14. The molecular weight excluding hydrogens is 315 g/mol. The van der Waals surface area contributed by atoms with E-state index in [9.17, 15) is 9.59 Å². The van der Waals surface area contributed by atoms with Gasteiger partial charge in [0.05, 0.1) is 6.42 Å². The number of carboxylic acid groups (broad SMARTS) is 1. The lowest BCUT2D eigenvalue weighted by atomic mass is 10.1. The molecule has 1 heterocycles. The van der Waals surface area contributed by atoms with Crippen LogP contribution in [0.3, 0.4) is 0 Å². The van der Waals surface area contributed by atoms with Gasteiger partial charge in [-0.05, 0) is 29.8 Å². The van der Waals surface area contributed by atoms with Crippen LogP contribution in [0.5, 0.6) is 0 Å². The van der Waals surface area contributed by atoms with Crippen LogP contribution in [0.15, 0.2) is 36.5 Å². The molecule has 108 valence electrons. The number of aromatic nitrogens is 1. The van der Waals surface area contributed by atoms with Gasteiger partial charge in [-0.15, -0.1) is 0 Å². The minimum atomic E-state index is -1.16. The van der Waals surface area contributed by atoms with Gasteiger partial charge in [0.15, 0.2) is 0 Å². The monoisotopic (exact) mass is 324 g/mol. The van der Waals surface area contributed by atoms with E-state index in [2.05, 4.69) is 10.3 Å². The van der Waals surface area contributed by atoms with Crippen molar-refractivity contribution in [2.24, 2.45) is 0 Å². The van der Waals surface area contributed by atoms with Gasteiger partial charge in [-0.1, -0.05) is 29.3 Å². The average Bonchev–Trinajstić information content (AvgIpc) is 2.42. The van der Waals surface area contributed by atoms with E-state index >= 15 is 0 Å².